The molecule has 2 N–H and O–H groups in total. The van der Waals surface area contributed by atoms with Crippen molar-refractivity contribution in [3.05, 3.63) is 94.8 Å². The molecule has 0 spiro atoms. The third kappa shape index (κ3) is 4.82. The van der Waals surface area contributed by atoms with Gasteiger partial charge in [-0.3, -0.25) is 14.6 Å². The number of aliphatic hydroxyl groups excluding tert-OH is 1. The van der Waals surface area contributed by atoms with Crippen LogP contribution >= 0.6 is 0 Å². The van der Waals surface area contributed by atoms with Gasteiger partial charge in [0.2, 0.25) is 0 Å². The van der Waals surface area contributed by atoms with Crippen LogP contribution in [0.25, 0.3) is 5.76 Å². The second-order valence-electron chi connectivity index (χ2n) is 9.73. The summed E-state index contributed by atoms with van der Waals surface area (Å²) in [5, 5.41) is 21.3. The van der Waals surface area contributed by atoms with Crippen LogP contribution in [0.3, 0.4) is 0 Å². The molecule has 1 saturated heterocycles. The first-order valence-electron chi connectivity index (χ1n) is 11.9. The molecule has 1 aliphatic rings. The Balaban J connectivity index is 1.88. The second kappa shape index (κ2) is 9.85. The van der Waals surface area contributed by atoms with Gasteiger partial charge in [-0.05, 0) is 60.4 Å². The first-order valence-corrected chi connectivity index (χ1v) is 11.9. The monoisotopic (exact) mass is 486 g/mol. The van der Waals surface area contributed by atoms with Gasteiger partial charge in [-0.25, -0.2) is 0 Å². The summed E-state index contributed by atoms with van der Waals surface area (Å²) in [6.45, 7) is 8.60. The van der Waals surface area contributed by atoms with Crippen LogP contribution in [0.5, 0.6) is 11.5 Å². The van der Waals surface area contributed by atoms with Gasteiger partial charge >= 0.3 is 0 Å². The lowest BCUT2D eigenvalue weighted by molar-refractivity contribution is -0.140. The van der Waals surface area contributed by atoms with E-state index < -0.39 is 17.7 Å². The summed E-state index contributed by atoms with van der Waals surface area (Å²) < 4.78 is 5.79. The Morgan fingerprint density at radius 1 is 1.06 bits per heavy atom. The van der Waals surface area contributed by atoms with Crippen molar-refractivity contribution in [3.63, 3.8) is 0 Å². The molecule has 36 heavy (non-hydrogen) atoms. The molecule has 1 atom stereocenters. The number of carbonyl (C=O) groups excluding carboxylic acids is 2. The fourth-order valence-corrected chi connectivity index (χ4v) is 4.41. The maximum atomic E-state index is 13.3. The lowest BCUT2D eigenvalue weighted by Crippen LogP contribution is -2.29. The molecule has 186 valence electrons. The Labute approximate surface area is 210 Å². The summed E-state index contributed by atoms with van der Waals surface area (Å²) in [5.41, 5.74) is 2.19. The lowest BCUT2D eigenvalue weighted by atomic mass is 9.84. The minimum Gasteiger partial charge on any atom is -0.508 e. The number of phenolic OH excluding ortho intramolecular Hbond substituents is 1. The number of aromatic nitrogens is 1. The minimum atomic E-state index is -0.850. The van der Waals surface area contributed by atoms with Crippen molar-refractivity contribution in [2.45, 2.75) is 45.7 Å². The van der Waals surface area contributed by atoms with E-state index in [0.717, 1.165) is 5.56 Å². The Morgan fingerprint density at radius 3 is 2.39 bits per heavy atom. The molecule has 1 aliphatic heterocycles. The number of amides is 1. The van der Waals surface area contributed by atoms with Crippen molar-refractivity contribution in [3.8, 4) is 11.5 Å². The molecule has 1 fully saturated rings. The van der Waals surface area contributed by atoms with Gasteiger partial charge in [0.05, 0.1) is 30.5 Å². The van der Waals surface area contributed by atoms with E-state index in [0.29, 0.717) is 29.2 Å². The van der Waals surface area contributed by atoms with E-state index in [1.807, 2.05) is 33.8 Å². The number of Topliss-reactive ketones (excluding diaryl/α,β-unsaturated/α-hetero) is 1. The molecular weight excluding hydrogens is 456 g/mol. The highest BCUT2D eigenvalue weighted by Gasteiger charge is 2.46. The lowest BCUT2D eigenvalue weighted by Gasteiger charge is -2.26. The molecule has 2 heterocycles. The van der Waals surface area contributed by atoms with Crippen LogP contribution in [0.4, 0.5) is 0 Å². The van der Waals surface area contributed by atoms with Gasteiger partial charge in [-0.2, -0.15) is 0 Å². The molecule has 3 aromatic rings. The van der Waals surface area contributed by atoms with E-state index in [1.54, 1.807) is 48.7 Å². The Morgan fingerprint density at radius 2 is 1.78 bits per heavy atom. The number of benzene rings is 2. The van der Waals surface area contributed by atoms with Crippen LogP contribution < -0.4 is 4.74 Å². The number of rotatable bonds is 6. The molecule has 0 saturated carbocycles. The summed E-state index contributed by atoms with van der Waals surface area (Å²) in [5.74, 6) is -0.993. The molecule has 1 amide bonds. The first-order chi connectivity index (χ1) is 17.1. The summed E-state index contributed by atoms with van der Waals surface area (Å²) in [4.78, 5) is 32.2. The molecule has 0 radical (unpaired) electrons. The van der Waals surface area contributed by atoms with Crippen molar-refractivity contribution >= 4 is 17.4 Å². The second-order valence-corrected chi connectivity index (χ2v) is 9.73. The smallest absolute Gasteiger partial charge is 0.296 e. The molecule has 1 unspecified atom stereocenters. The van der Waals surface area contributed by atoms with Crippen LogP contribution in [0.15, 0.2) is 72.4 Å². The van der Waals surface area contributed by atoms with Crippen molar-refractivity contribution in [2.24, 2.45) is 0 Å². The number of hydrogen-bond donors (Lipinski definition) is 2. The largest absolute Gasteiger partial charge is 0.508 e. The quantitative estimate of drug-likeness (QED) is 0.286. The summed E-state index contributed by atoms with van der Waals surface area (Å²) >= 11 is 0. The molecular formula is C29H30N2O5. The van der Waals surface area contributed by atoms with Crippen molar-refractivity contribution in [2.75, 3.05) is 6.61 Å². The maximum absolute atomic E-state index is 13.3. The van der Waals surface area contributed by atoms with Crippen molar-refractivity contribution in [1.82, 2.24) is 9.88 Å². The zero-order chi connectivity index (χ0) is 26.0. The molecule has 2 aromatic carbocycles. The van der Waals surface area contributed by atoms with Crippen molar-refractivity contribution in [1.29, 1.82) is 0 Å². The van der Waals surface area contributed by atoms with Gasteiger partial charge in [0.15, 0.2) is 0 Å². The third-order valence-corrected chi connectivity index (χ3v) is 6.17. The first kappa shape index (κ1) is 25.0. The van der Waals surface area contributed by atoms with Crippen LogP contribution in [-0.2, 0) is 21.5 Å². The highest BCUT2D eigenvalue weighted by atomic mass is 16.5. The summed E-state index contributed by atoms with van der Waals surface area (Å²) in [6, 6.07) is 16.0. The number of pyridine rings is 1. The number of ketones is 1. The third-order valence-electron chi connectivity index (χ3n) is 6.17. The van der Waals surface area contributed by atoms with Gasteiger partial charge in [0, 0.05) is 17.3 Å². The molecule has 7 heteroatoms. The molecule has 0 bridgehead atoms. The maximum Gasteiger partial charge on any atom is 0.296 e. The predicted molar refractivity (Wildman–Crippen MR) is 137 cm³/mol. The van der Waals surface area contributed by atoms with E-state index in [-0.39, 0.29) is 29.0 Å². The fourth-order valence-electron chi connectivity index (χ4n) is 4.41. The summed E-state index contributed by atoms with van der Waals surface area (Å²) in [7, 11) is 0. The standard InChI is InChI=1S/C29H30N2O5/c1-5-36-23-14-11-19(16-22(23)29(2,3)4)26(33)24-25(18-9-12-21(32)13-10-18)31(28(35)27(24)34)17-20-8-6-7-15-30-20/h6-16,25,32-33H,5,17H2,1-4H3/b26-24-. The van der Waals surface area contributed by atoms with Crippen LogP contribution in [-0.4, -0.2) is 38.4 Å². The van der Waals surface area contributed by atoms with Gasteiger partial charge < -0.3 is 19.8 Å². The normalized spacial score (nSPS) is 17.4. The number of phenols is 1. The number of aromatic hydroxyl groups is 1. The van der Waals surface area contributed by atoms with E-state index in [9.17, 15) is 19.8 Å². The zero-order valence-corrected chi connectivity index (χ0v) is 20.9. The topological polar surface area (TPSA) is 100.0 Å². The van der Waals surface area contributed by atoms with Gasteiger partial charge in [-0.15, -0.1) is 0 Å². The fraction of sp³-hybridized carbons (Fsp3) is 0.276. The van der Waals surface area contributed by atoms with Gasteiger partial charge in [0.25, 0.3) is 11.7 Å². The Kier molecular flexibility index (Phi) is 6.84. The predicted octanol–water partition coefficient (Wildman–Crippen LogP) is 5.11. The van der Waals surface area contributed by atoms with Crippen LogP contribution in [0.2, 0.25) is 0 Å². The number of ether oxygens (including phenoxy) is 1. The van der Waals surface area contributed by atoms with Crippen LogP contribution in [0.1, 0.15) is 56.1 Å². The number of carbonyl (C=O) groups is 2. The van der Waals surface area contributed by atoms with Gasteiger partial charge in [-0.1, -0.05) is 39.0 Å². The zero-order valence-electron chi connectivity index (χ0n) is 20.9. The molecule has 1 aromatic heterocycles. The Hall–Kier alpha value is -4.13. The van der Waals surface area contributed by atoms with E-state index in [4.69, 9.17) is 4.74 Å². The average molecular weight is 487 g/mol. The van der Waals surface area contributed by atoms with Crippen molar-refractivity contribution < 1.29 is 24.5 Å². The number of aliphatic hydroxyl groups is 1. The van der Waals surface area contributed by atoms with E-state index in [2.05, 4.69) is 4.98 Å². The highest BCUT2D eigenvalue weighted by molar-refractivity contribution is 6.46. The Bertz CT molecular complexity index is 1310. The van der Waals surface area contributed by atoms with Gasteiger partial charge in [0.1, 0.15) is 17.3 Å². The number of likely N-dealkylation sites (tertiary alicyclic amines) is 1. The highest BCUT2D eigenvalue weighted by Crippen LogP contribution is 2.42. The average Bonchev–Trinajstić information content (AvgIpc) is 3.09. The molecule has 0 aliphatic carbocycles. The minimum absolute atomic E-state index is 0.00867. The summed E-state index contributed by atoms with van der Waals surface area (Å²) in [6.07, 6.45) is 1.62. The van der Waals surface area contributed by atoms with E-state index >= 15 is 0 Å². The number of hydrogen-bond acceptors (Lipinski definition) is 6. The molecule has 7 nitrogen and oxygen atoms in total. The molecule has 4 rings (SSSR count). The number of nitrogens with zero attached hydrogens (tertiary/aromatic N) is 2. The SMILES string of the molecule is CCOc1ccc(/C(O)=C2/C(=O)C(=O)N(Cc3ccccn3)C2c2ccc(O)cc2)cc1C(C)(C)C. The van der Waals surface area contributed by atoms with E-state index in [1.165, 1.54) is 17.0 Å². The van der Waals surface area contributed by atoms with Crippen LogP contribution in [0, 0.1) is 0 Å².